The van der Waals surface area contributed by atoms with Crippen LogP contribution < -0.4 is 5.73 Å². The summed E-state index contributed by atoms with van der Waals surface area (Å²) in [7, 11) is 0. The largest absolute Gasteiger partial charge is 0.385 e. The van der Waals surface area contributed by atoms with Gasteiger partial charge in [0.2, 0.25) is 0 Å². The Hall–Kier alpha value is -1.44. The molecule has 0 spiro atoms. The van der Waals surface area contributed by atoms with Crippen molar-refractivity contribution in [3.05, 3.63) is 36.6 Å². The smallest absolute Gasteiger partial charge is 0.107 e. The van der Waals surface area contributed by atoms with E-state index in [0.29, 0.717) is 0 Å². The van der Waals surface area contributed by atoms with Crippen LogP contribution in [-0.2, 0) is 0 Å². The first kappa shape index (κ1) is 7.66. The zero-order valence-corrected chi connectivity index (χ0v) is 6.57. The van der Waals surface area contributed by atoms with Gasteiger partial charge in [-0.1, -0.05) is 12.2 Å². The van der Waals surface area contributed by atoms with Crippen LogP contribution in [0.25, 0.3) is 6.20 Å². The van der Waals surface area contributed by atoms with E-state index in [0.717, 1.165) is 5.82 Å². The molecule has 58 valence electrons. The average molecular weight is 148 g/mol. The maximum Gasteiger partial charge on any atom is 0.107 e. The third-order valence-electron chi connectivity index (χ3n) is 1.36. The number of rotatable bonds is 2. The van der Waals surface area contributed by atoms with Crippen molar-refractivity contribution in [1.82, 2.24) is 4.57 Å². The third-order valence-corrected chi connectivity index (χ3v) is 1.36. The second kappa shape index (κ2) is 3.66. The fourth-order valence-corrected chi connectivity index (χ4v) is 0.796. The molecule has 1 heterocycles. The summed E-state index contributed by atoms with van der Waals surface area (Å²) in [6.07, 6.45) is 9.69. The second-order valence-corrected chi connectivity index (χ2v) is 2.21. The molecule has 2 heteroatoms. The highest BCUT2D eigenvalue weighted by molar-refractivity contribution is 5.42. The molecule has 0 saturated heterocycles. The lowest BCUT2D eigenvalue weighted by Gasteiger charge is -1.94. The minimum Gasteiger partial charge on any atom is -0.385 e. The average Bonchev–Trinajstić information content (AvgIpc) is 2.37. The van der Waals surface area contributed by atoms with Crippen molar-refractivity contribution < 1.29 is 0 Å². The van der Waals surface area contributed by atoms with Crippen molar-refractivity contribution in [2.24, 2.45) is 0 Å². The molecule has 11 heavy (non-hydrogen) atoms. The van der Waals surface area contributed by atoms with E-state index >= 15 is 0 Å². The fourth-order valence-electron chi connectivity index (χ4n) is 0.796. The molecular weight excluding hydrogens is 136 g/mol. The summed E-state index contributed by atoms with van der Waals surface area (Å²) < 4.78 is 1.86. The monoisotopic (exact) mass is 148 g/mol. The summed E-state index contributed by atoms with van der Waals surface area (Å²) in [6.45, 7) is 1.98. The number of nitrogens with two attached hydrogens (primary N) is 1. The molecule has 0 aliphatic rings. The van der Waals surface area contributed by atoms with Crippen LogP contribution in [0.4, 0.5) is 5.82 Å². The lowest BCUT2D eigenvalue weighted by molar-refractivity contribution is 1.18. The molecule has 0 amide bonds. The standard InChI is InChI=1S/C9H12N2/c1-2-3-4-7-11-8-5-6-9(11)10/h2-8H,10H2,1H3/b3-2-,7-4-. The first-order chi connectivity index (χ1) is 5.34. The molecule has 0 bridgehead atoms. The maximum atomic E-state index is 5.61. The number of hydrogen-bond acceptors (Lipinski definition) is 1. The SMILES string of the molecule is C/C=C\C=C/n1cccc1N. The molecule has 2 N–H and O–H groups in total. The van der Waals surface area contributed by atoms with Crippen molar-refractivity contribution in [2.75, 3.05) is 5.73 Å². The first-order valence-corrected chi connectivity index (χ1v) is 3.56. The zero-order valence-electron chi connectivity index (χ0n) is 6.57. The molecule has 0 saturated carbocycles. The van der Waals surface area contributed by atoms with Gasteiger partial charge in [0.25, 0.3) is 0 Å². The van der Waals surface area contributed by atoms with Crippen LogP contribution in [-0.4, -0.2) is 4.57 Å². The second-order valence-electron chi connectivity index (χ2n) is 2.21. The topological polar surface area (TPSA) is 30.9 Å². The number of allylic oxidation sites excluding steroid dienone is 3. The molecule has 0 fully saturated rings. The highest BCUT2D eigenvalue weighted by Gasteiger charge is 1.86. The first-order valence-electron chi connectivity index (χ1n) is 3.56. The van der Waals surface area contributed by atoms with Gasteiger partial charge in [0.1, 0.15) is 5.82 Å². The van der Waals surface area contributed by atoms with Crippen LogP contribution in [0.15, 0.2) is 36.6 Å². The highest BCUT2D eigenvalue weighted by atomic mass is 15.0. The van der Waals surface area contributed by atoms with Crippen LogP contribution in [0.5, 0.6) is 0 Å². The highest BCUT2D eigenvalue weighted by Crippen LogP contribution is 2.03. The van der Waals surface area contributed by atoms with Crippen molar-refractivity contribution in [1.29, 1.82) is 0 Å². The van der Waals surface area contributed by atoms with Crippen molar-refractivity contribution in [3.8, 4) is 0 Å². The Morgan fingerprint density at radius 1 is 1.45 bits per heavy atom. The van der Waals surface area contributed by atoms with Gasteiger partial charge in [-0.15, -0.1) is 0 Å². The van der Waals surface area contributed by atoms with Gasteiger partial charge in [-0.25, -0.2) is 0 Å². The summed E-state index contributed by atoms with van der Waals surface area (Å²) in [6, 6.07) is 3.77. The third kappa shape index (κ3) is 2.00. The van der Waals surface area contributed by atoms with E-state index in [9.17, 15) is 0 Å². The van der Waals surface area contributed by atoms with Crippen LogP contribution in [0, 0.1) is 0 Å². The summed E-state index contributed by atoms with van der Waals surface area (Å²) in [5, 5.41) is 0. The number of anilines is 1. The Labute approximate surface area is 66.6 Å². The summed E-state index contributed by atoms with van der Waals surface area (Å²) >= 11 is 0. The van der Waals surface area contributed by atoms with Crippen molar-refractivity contribution >= 4 is 12.0 Å². The van der Waals surface area contributed by atoms with Crippen molar-refractivity contribution in [2.45, 2.75) is 6.92 Å². The number of nitrogen functional groups attached to an aromatic ring is 1. The Kier molecular flexibility index (Phi) is 2.55. The molecule has 0 radical (unpaired) electrons. The molecule has 0 unspecified atom stereocenters. The Balaban J connectivity index is 2.71. The molecule has 0 aliphatic carbocycles. The van der Waals surface area contributed by atoms with E-state index in [-0.39, 0.29) is 0 Å². The normalized spacial score (nSPS) is 11.7. The molecule has 0 aliphatic heterocycles. The molecule has 1 rings (SSSR count). The van der Waals surface area contributed by atoms with Gasteiger partial charge in [0.15, 0.2) is 0 Å². The number of hydrogen-bond donors (Lipinski definition) is 1. The molecule has 1 aromatic rings. The molecular formula is C9H12N2. The van der Waals surface area contributed by atoms with E-state index in [1.54, 1.807) is 0 Å². The van der Waals surface area contributed by atoms with Gasteiger partial charge in [0.05, 0.1) is 0 Å². The van der Waals surface area contributed by atoms with E-state index < -0.39 is 0 Å². The lowest BCUT2D eigenvalue weighted by Crippen LogP contribution is -1.91. The molecule has 0 atom stereocenters. The van der Waals surface area contributed by atoms with Crippen LogP contribution in [0.2, 0.25) is 0 Å². The van der Waals surface area contributed by atoms with E-state index in [2.05, 4.69) is 0 Å². The van der Waals surface area contributed by atoms with Crippen LogP contribution >= 0.6 is 0 Å². The fraction of sp³-hybridized carbons (Fsp3) is 0.111. The van der Waals surface area contributed by atoms with Gasteiger partial charge >= 0.3 is 0 Å². The Morgan fingerprint density at radius 2 is 2.27 bits per heavy atom. The van der Waals surface area contributed by atoms with E-state index in [4.69, 9.17) is 5.73 Å². The summed E-state index contributed by atoms with van der Waals surface area (Å²) in [4.78, 5) is 0. The van der Waals surface area contributed by atoms with Crippen molar-refractivity contribution in [3.63, 3.8) is 0 Å². The predicted octanol–water partition coefficient (Wildman–Crippen LogP) is 2.12. The Bertz CT molecular complexity index is 269. The van der Waals surface area contributed by atoms with E-state index in [1.807, 2.05) is 54.2 Å². The van der Waals surface area contributed by atoms with E-state index in [1.165, 1.54) is 0 Å². The Morgan fingerprint density at radius 3 is 2.82 bits per heavy atom. The van der Waals surface area contributed by atoms with Gasteiger partial charge in [-0.05, 0) is 25.1 Å². The molecule has 2 nitrogen and oxygen atoms in total. The summed E-state index contributed by atoms with van der Waals surface area (Å²) in [5.41, 5.74) is 5.61. The number of aromatic nitrogens is 1. The quantitative estimate of drug-likeness (QED) is 0.640. The van der Waals surface area contributed by atoms with Gasteiger partial charge in [0, 0.05) is 12.4 Å². The molecule has 1 aromatic heterocycles. The molecule has 0 aromatic carbocycles. The maximum absolute atomic E-state index is 5.61. The lowest BCUT2D eigenvalue weighted by atomic mass is 10.5. The minimum atomic E-state index is 0.755. The van der Waals surface area contributed by atoms with Gasteiger partial charge < -0.3 is 10.3 Å². The zero-order chi connectivity index (χ0) is 8.10. The summed E-state index contributed by atoms with van der Waals surface area (Å²) in [5.74, 6) is 0.755. The predicted molar refractivity (Wildman–Crippen MR) is 49.0 cm³/mol. The van der Waals surface area contributed by atoms with Crippen LogP contribution in [0.1, 0.15) is 6.92 Å². The van der Waals surface area contributed by atoms with Gasteiger partial charge in [-0.3, -0.25) is 0 Å². The minimum absolute atomic E-state index is 0.755. The number of nitrogens with zero attached hydrogens (tertiary/aromatic N) is 1. The van der Waals surface area contributed by atoms with Gasteiger partial charge in [-0.2, -0.15) is 0 Å². The van der Waals surface area contributed by atoms with Crippen LogP contribution in [0.3, 0.4) is 0 Å².